The van der Waals surface area contributed by atoms with Crippen LogP contribution in [0.4, 0.5) is 0 Å². The van der Waals surface area contributed by atoms with Crippen molar-refractivity contribution in [2.75, 3.05) is 5.75 Å². The second-order valence-corrected chi connectivity index (χ2v) is 7.79. The summed E-state index contributed by atoms with van der Waals surface area (Å²) in [6, 6.07) is 11.6. The number of rotatable bonds is 6. The van der Waals surface area contributed by atoms with Crippen LogP contribution in [-0.4, -0.2) is 21.9 Å². The predicted octanol–water partition coefficient (Wildman–Crippen LogP) is 4.53. The molecule has 2 heterocycles. The van der Waals surface area contributed by atoms with Gasteiger partial charge in [-0.25, -0.2) is 0 Å². The quantitative estimate of drug-likeness (QED) is 0.589. The molecule has 0 aliphatic carbocycles. The molecule has 3 aromatic rings. The van der Waals surface area contributed by atoms with Crippen molar-refractivity contribution in [2.24, 2.45) is 0 Å². The van der Waals surface area contributed by atoms with Gasteiger partial charge in [-0.2, -0.15) is 0 Å². The molecule has 1 unspecified atom stereocenters. The van der Waals surface area contributed by atoms with Crippen LogP contribution in [0.2, 0.25) is 0 Å². The first-order chi connectivity index (χ1) is 11.6. The van der Waals surface area contributed by atoms with Gasteiger partial charge >= 0.3 is 0 Å². The number of nitrogens with zero attached hydrogens (tertiary/aromatic N) is 2. The van der Waals surface area contributed by atoms with Crippen LogP contribution in [0.1, 0.15) is 17.8 Å². The molecular formula is C16H14BrN3O2S2. The highest BCUT2D eigenvalue weighted by Gasteiger charge is 2.13. The second-order valence-electron chi connectivity index (χ2n) is 4.97. The van der Waals surface area contributed by atoms with Crippen molar-refractivity contribution in [3.8, 4) is 11.5 Å². The first-order valence-electron chi connectivity index (χ1n) is 7.17. The smallest absolute Gasteiger partial charge is 0.277 e. The van der Waals surface area contributed by atoms with Gasteiger partial charge in [-0.05, 0) is 42.6 Å². The molecule has 0 aliphatic rings. The number of nitrogens with one attached hydrogen (secondary N) is 1. The summed E-state index contributed by atoms with van der Waals surface area (Å²) < 4.78 is 6.57. The van der Waals surface area contributed by atoms with E-state index in [4.69, 9.17) is 4.42 Å². The molecule has 1 N–H and O–H groups in total. The second kappa shape index (κ2) is 7.96. The number of thiophene rings is 1. The fourth-order valence-electron chi connectivity index (χ4n) is 2.00. The molecule has 0 bridgehead atoms. The average Bonchev–Trinajstić information content (AvgIpc) is 3.25. The average molecular weight is 424 g/mol. The molecule has 1 aromatic carbocycles. The molecular weight excluding hydrogens is 410 g/mol. The Balaban J connectivity index is 1.53. The molecule has 124 valence electrons. The number of benzene rings is 1. The molecule has 1 atom stereocenters. The predicted molar refractivity (Wildman–Crippen MR) is 99.0 cm³/mol. The summed E-state index contributed by atoms with van der Waals surface area (Å²) in [6.07, 6.45) is 0. The van der Waals surface area contributed by atoms with E-state index in [1.54, 1.807) is 11.3 Å². The van der Waals surface area contributed by atoms with E-state index in [1.165, 1.54) is 11.8 Å². The van der Waals surface area contributed by atoms with Gasteiger partial charge in [0.15, 0.2) is 0 Å². The van der Waals surface area contributed by atoms with E-state index in [-0.39, 0.29) is 17.7 Å². The summed E-state index contributed by atoms with van der Waals surface area (Å²) in [6.45, 7) is 1.97. The lowest BCUT2D eigenvalue weighted by atomic mass is 10.2. The number of carbonyl (C=O) groups excluding carboxylic acids is 1. The molecule has 0 saturated carbocycles. The lowest BCUT2D eigenvalue weighted by molar-refractivity contribution is -0.119. The van der Waals surface area contributed by atoms with Crippen molar-refractivity contribution in [2.45, 2.75) is 18.2 Å². The van der Waals surface area contributed by atoms with E-state index in [9.17, 15) is 4.79 Å². The van der Waals surface area contributed by atoms with Gasteiger partial charge in [0.2, 0.25) is 11.8 Å². The molecule has 5 nitrogen and oxygen atoms in total. The number of amides is 1. The molecule has 24 heavy (non-hydrogen) atoms. The van der Waals surface area contributed by atoms with Crippen LogP contribution in [0.25, 0.3) is 11.5 Å². The standard InChI is InChI=1S/C16H14BrN3O2S2/c1-10(13-3-2-8-23-13)18-14(21)9-24-16-20-19-15(22-16)11-4-6-12(17)7-5-11/h2-8,10H,9H2,1H3,(H,18,21). The normalized spacial score (nSPS) is 12.1. The van der Waals surface area contributed by atoms with Gasteiger partial charge in [-0.15, -0.1) is 21.5 Å². The van der Waals surface area contributed by atoms with Gasteiger partial charge in [0.25, 0.3) is 5.22 Å². The van der Waals surface area contributed by atoms with Crippen molar-refractivity contribution < 1.29 is 9.21 Å². The minimum Gasteiger partial charge on any atom is -0.411 e. The fraction of sp³-hybridized carbons (Fsp3) is 0.188. The van der Waals surface area contributed by atoms with Gasteiger partial charge < -0.3 is 9.73 Å². The number of hydrogen-bond acceptors (Lipinski definition) is 6. The third-order valence-electron chi connectivity index (χ3n) is 3.17. The van der Waals surface area contributed by atoms with Crippen molar-refractivity contribution >= 4 is 44.9 Å². The zero-order valence-corrected chi connectivity index (χ0v) is 16.0. The van der Waals surface area contributed by atoms with Gasteiger partial charge in [0.05, 0.1) is 11.8 Å². The van der Waals surface area contributed by atoms with Crippen LogP contribution in [0.15, 0.2) is 55.9 Å². The summed E-state index contributed by atoms with van der Waals surface area (Å²) in [5.41, 5.74) is 0.841. The van der Waals surface area contributed by atoms with Crippen molar-refractivity contribution in [1.29, 1.82) is 0 Å². The third-order valence-corrected chi connectivity index (χ3v) is 5.57. The van der Waals surface area contributed by atoms with Crippen LogP contribution < -0.4 is 5.32 Å². The molecule has 2 aromatic heterocycles. The molecule has 0 aliphatic heterocycles. The molecule has 0 spiro atoms. The molecule has 3 rings (SSSR count). The topological polar surface area (TPSA) is 68.0 Å². The maximum Gasteiger partial charge on any atom is 0.277 e. The van der Waals surface area contributed by atoms with Crippen LogP contribution in [0.5, 0.6) is 0 Å². The maximum absolute atomic E-state index is 12.0. The SMILES string of the molecule is CC(NC(=O)CSc1nnc(-c2ccc(Br)cc2)o1)c1cccs1. The summed E-state index contributed by atoms with van der Waals surface area (Å²) in [7, 11) is 0. The fourth-order valence-corrected chi connectivity index (χ4v) is 3.57. The highest BCUT2D eigenvalue weighted by atomic mass is 79.9. The van der Waals surface area contributed by atoms with E-state index < -0.39 is 0 Å². The Bertz CT molecular complexity index is 803. The number of thioether (sulfide) groups is 1. The number of halogens is 1. The first kappa shape index (κ1) is 17.2. The minimum atomic E-state index is -0.0655. The van der Waals surface area contributed by atoms with Gasteiger partial charge in [-0.1, -0.05) is 33.8 Å². The Hall–Kier alpha value is -1.64. The molecule has 0 fully saturated rings. The highest BCUT2D eigenvalue weighted by molar-refractivity contribution is 9.10. The van der Waals surface area contributed by atoms with Crippen molar-refractivity contribution in [1.82, 2.24) is 15.5 Å². The van der Waals surface area contributed by atoms with Crippen LogP contribution >= 0.6 is 39.0 Å². The summed E-state index contributed by atoms with van der Waals surface area (Å²) >= 11 is 6.24. The Morgan fingerprint density at radius 2 is 2.12 bits per heavy atom. The van der Waals surface area contributed by atoms with E-state index in [0.717, 1.165) is 14.9 Å². The largest absolute Gasteiger partial charge is 0.411 e. The summed E-state index contributed by atoms with van der Waals surface area (Å²) in [5.74, 6) is 0.610. The lowest BCUT2D eigenvalue weighted by Crippen LogP contribution is -2.27. The van der Waals surface area contributed by atoms with Gasteiger partial charge in [0, 0.05) is 14.9 Å². The number of aromatic nitrogens is 2. The van der Waals surface area contributed by atoms with Gasteiger partial charge in [0.1, 0.15) is 0 Å². The van der Waals surface area contributed by atoms with Crippen molar-refractivity contribution in [3.05, 3.63) is 51.1 Å². The molecule has 0 saturated heterocycles. The Morgan fingerprint density at radius 3 is 2.83 bits per heavy atom. The molecule has 0 radical (unpaired) electrons. The van der Waals surface area contributed by atoms with Crippen LogP contribution in [0.3, 0.4) is 0 Å². The molecule has 8 heteroatoms. The summed E-state index contributed by atoms with van der Waals surface area (Å²) in [4.78, 5) is 13.1. The maximum atomic E-state index is 12.0. The van der Waals surface area contributed by atoms with Crippen LogP contribution in [0, 0.1) is 0 Å². The molecule has 1 amide bonds. The Labute approximate surface area is 156 Å². The van der Waals surface area contributed by atoms with Crippen LogP contribution in [-0.2, 0) is 4.79 Å². The van der Waals surface area contributed by atoms with Crippen molar-refractivity contribution in [3.63, 3.8) is 0 Å². The lowest BCUT2D eigenvalue weighted by Gasteiger charge is -2.11. The third kappa shape index (κ3) is 4.46. The monoisotopic (exact) mass is 423 g/mol. The zero-order valence-electron chi connectivity index (χ0n) is 12.7. The van der Waals surface area contributed by atoms with E-state index in [2.05, 4.69) is 31.4 Å². The minimum absolute atomic E-state index is 0.000823. The highest BCUT2D eigenvalue weighted by Crippen LogP contribution is 2.24. The number of carbonyl (C=O) groups is 1. The number of hydrogen-bond donors (Lipinski definition) is 1. The van der Waals surface area contributed by atoms with E-state index in [1.807, 2.05) is 48.7 Å². The zero-order chi connectivity index (χ0) is 16.9. The first-order valence-corrected chi connectivity index (χ1v) is 9.82. The van der Waals surface area contributed by atoms with E-state index in [0.29, 0.717) is 11.1 Å². The van der Waals surface area contributed by atoms with E-state index >= 15 is 0 Å². The van der Waals surface area contributed by atoms with Gasteiger partial charge in [-0.3, -0.25) is 4.79 Å². The summed E-state index contributed by atoms with van der Waals surface area (Å²) in [5, 5.41) is 13.3. The Kier molecular flexibility index (Phi) is 5.70. The Morgan fingerprint density at radius 1 is 1.33 bits per heavy atom.